The van der Waals surface area contributed by atoms with Crippen molar-refractivity contribution >= 4 is 0 Å². The Hall–Kier alpha value is -2.45. The Morgan fingerprint density at radius 2 is 1.58 bits per heavy atom. The monoisotopic (exact) mass is 354 g/mol. The molecular weight excluding hydrogens is 345 g/mol. The van der Waals surface area contributed by atoms with Gasteiger partial charge in [0.1, 0.15) is 23.9 Å². The number of phenolic OH excluding ortho intramolecular Hbond substituents is 1. The van der Waals surface area contributed by atoms with E-state index in [2.05, 4.69) is 0 Å². The lowest BCUT2D eigenvalue weighted by Crippen LogP contribution is -2.13. The fourth-order valence-corrected chi connectivity index (χ4v) is 1.96. The van der Waals surface area contributed by atoms with Crippen LogP contribution in [0.3, 0.4) is 0 Å². The molecule has 0 fully saturated rings. The van der Waals surface area contributed by atoms with E-state index in [1.807, 2.05) is 0 Å². The standard InChI is InChI=1S/C15H9F7O2/c16-13-3-1-2-12(15(20,21)22)11(13)7-24-10-5-8(14(17,18)19)4-9(23)6-10/h1-6,23H,7H2. The van der Waals surface area contributed by atoms with E-state index in [1.54, 1.807) is 0 Å². The third-order valence-corrected chi connectivity index (χ3v) is 3.03. The molecule has 1 N–H and O–H groups in total. The molecule has 0 radical (unpaired) electrons. The predicted octanol–water partition coefficient (Wildman–Crippen LogP) is 5.15. The molecule has 0 aliphatic carbocycles. The van der Waals surface area contributed by atoms with Gasteiger partial charge in [0.15, 0.2) is 0 Å². The summed E-state index contributed by atoms with van der Waals surface area (Å²) in [6.45, 7) is -0.956. The van der Waals surface area contributed by atoms with Crippen LogP contribution < -0.4 is 4.74 Å². The van der Waals surface area contributed by atoms with E-state index < -0.39 is 53.0 Å². The highest BCUT2D eigenvalue weighted by atomic mass is 19.4. The molecule has 9 heteroatoms. The SMILES string of the molecule is Oc1cc(OCc2c(F)cccc2C(F)(F)F)cc(C(F)(F)F)c1. The third-order valence-electron chi connectivity index (χ3n) is 3.03. The fraction of sp³-hybridized carbons (Fsp3) is 0.200. The van der Waals surface area contributed by atoms with Crippen molar-refractivity contribution in [1.82, 2.24) is 0 Å². The van der Waals surface area contributed by atoms with E-state index in [-0.39, 0.29) is 0 Å². The summed E-state index contributed by atoms with van der Waals surface area (Å²) in [5.74, 6) is -2.54. The first-order valence-electron chi connectivity index (χ1n) is 6.37. The van der Waals surface area contributed by atoms with Gasteiger partial charge in [-0.05, 0) is 24.3 Å². The van der Waals surface area contributed by atoms with Crippen molar-refractivity contribution in [2.24, 2.45) is 0 Å². The van der Waals surface area contributed by atoms with Crippen LogP contribution >= 0.6 is 0 Å². The minimum absolute atomic E-state index is 0.428. The van der Waals surface area contributed by atoms with Gasteiger partial charge in [-0.25, -0.2) is 4.39 Å². The van der Waals surface area contributed by atoms with Gasteiger partial charge in [-0.3, -0.25) is 0 Å². The number of rotatable bonds is 3. The van der Waals surface area contributed by atoms with Gasteiger partial charge in [-0.1, -0.05) is 6.07 Å². The quantitative estimate of drug-likeness (QED) is 0.773. The number of hydrogen-bond acceptors (Lipinski definition) is 2. The summed E-state index contributed by atoms with van der Waals surface area (Å²) < 4.78 is 94.8. The second kappa shape index (κ2) is 6.21. The maximum absolute atomic E-state index is 13.6. The molecule has 2 rings (SSSR count). The van der Waals surface area contributed by atoms with Crippen molar-refractivity contribution in [2.45, 2.75) is 19.0 Å². The average molecular weight is 354 g/mol. The Morgan fingerprint density at radius 1 is 0.917 bits per heavy atom. The van der Waals surface area contributed by atoms with Crippen LogP contribution in [0.4, 0.5) is 30.7 Å². The van der Waals surface area contributed by atoms with Crippen LogP contribution in [0, 0.1) is 5.82 Å². The lowest BCUT2D eigenvalue weighted by Gasteiger charge is -2.15. The second-order valence-electron chi connectivity index (χ2n) is 4.77. The summed E-state index contributed by atoms with van der Waals surface area (Å²) >= 11 is 0. The van der Waals surface area contributed by atoms with Crippen LogP contribution in [0.5, 0.6) is 11.5 Å². The highest BCUT2D eigenvalue weighted by Crippen LogP contribution is 2.36. The molecule has 0 unspecified atom stereocenters. The number of aromatic hydroxyl groups is 1. The molecule has 2 aromatic rings. The Balaban J connectivity index is 2.31. The number of ether oxygens (including phenoxy) is 1. The summed E-state index contributed by atoms with van der Waals surface area (Å²) in [5, 5.41) is 9.26. The maximum atomic E-state index is 13.6. The third kappa shape index (κ3) is 4.09. The molecule has 2 nitrogen and oxygen atoms in total. The number of alkyl halides is 6. The maximum Gasteiger partial charge on any atom is 0.416 e. The smallest absolute Gasteiger partial charge is 0.416 e. The average Bonchev–Trinajstić information content (AvgIpc) is 2.43. The summed E-state index contributed by atoms with van der Waals surface area (Å²) in [6, 6.07) is 3.97. The summed E-state index contributed by atoms with van der Waals surface area (Å²) in [4.78, 5) is 0. The minimum Gasteiger partial charge on any atom is -0.508 e. The summed E-state index contributed by atoms with van der Waals surface area (Å²) in [6.07, 6.45) is -9.64. The van der Waals surface area contributed by atoms with Crippen LogP contribution in [0.2, 0.25) is 0 Å². The first kappa shape index (κ1) is 17.9. The van der Waals surface area contributed by atoms with Gasteiger partial charge in [0.25, 0.3) is 0 Å². The zero-order chi connectivity index (χ0) is 18.1. The first-order chi connectivity index (χ1) is 11.0. The van der Waals surface area contributed by atoms with Gasteiger partial charge >= 0.3 is 12.4 Å². The van der Waals surface area contributed by atoms with E-state index in [1.165, 1.54) is 0 Å². The number of halogens is 7. The zero-order valence-corrected chi connectivity index (χ0v) is 11.7. The van der Waals surface area contributed by atoms with E-state index in [9.17, 15) is 35.8 Å². The molecule has 130 valence electrons. The Labute approximate surface area is 131 Å². The lowest BCUT2D eigenvalue weighted by atomic mass is 10.1. The van der Waals surface area contributed by atoms with E-state index in [4.69, 9.17) is 4.74 Å². The number of hydrogen-bond donors (Lipinski definition) is 1. The van der Waals surface area contributed by atoms with Crippen LogP contribution in [0.1, 0.15) is 16.7 Å². The largest absolute Gasteiger partial charge is 0.508 e. The van der Waals surface area contributed by atoms with Gasteiger partial charge in [-0.15, -0.1) is 0 Å². The molecule has 0 aliphatic rings. The van der Waals surface area contributed by atoms with Crippen molar-refractivity contribution in [3.05, 3.63) is 58.9 Å². The van der Waals surface area contributed by atoms with Crippen molar-refractivity contribution < 1.29 is 40.6 Å². The molecule has 0 aromatic heterocycles. The van der Waals surface area contributed by atoms with Gasteiger partial charge < -0.3 is 9.84 Å². The Kier molecular flexibility index (Phi) is 4.63. The molecule has 24 heavy (non-hydrogen) atoms. The normalized spacial score (nSPS) is 12.3. The summed E-state index contributed by atoms with van der Waals surface area (Å²) in [7, 11) is 0. The fourth-order valence-electron chi connectivity index (χ4n) is 1.96. The van der Waals surface area contributed by atoms with Crippen LogP contribution in [0.25, 0.3) is 0 Å². The van der Waals surface area contributed by atoms with Crippen LogP contribution in [-0.4, -0.2) is 5.11 Å². The predicted molar refractivity (Wildman–Crippen MR) is 68.8 cm³/mol. The topological polar surface area (TPSA) is 29.5 Å². The highest BCUT2D eigenvalue weighted by Gasteiger charge is 2.35. The molecule has 0 spiro atoms. The van der Waals surface area contributed by atoms with E-state index in [0.29, 0.717) is 18.2 Å². The molecule has 2 aromatic carbocycles. The first-order valence-corrected chi connectivity index (χ1v) is 6.37. The summed E-state index contributed by atoms with van der Waals surface area (Å²) in [5.41, 5.74) is -3.39. The molecule has 0 saturated carbocycles. The van der Waals surface area contributed by atoms with Crippen molar-refractivity contribution in [1.29, 1.82) is 0 Å². The van der Waals surface area contributed by atoms with Crippen molar-refractivity contribution in [3.63, 3.8) is 0 Å². The molecule has 0 saturated heterocycles. The number of phenols is 1. The van der Waals surface area contributed by atoms with E-state index >= 15 is 0 Å². The molecule has 0 bridgehead atoms. The van der Waals surface area contributed by atoms with Crippen molar-refractivity contribution in [2.75, 3.05) is 0 Å². The van der Waals surface area contributed by atoms with Gasteiger partial charge in [-0.2, -0.15) is 26.3 Å². The molecule has 0 atom stereocenters. The lowest BCUT2D eigenvalue weighted by molar-refractivity contribution is -0.139. The zero-order valence-electron chi connectivity index (χ0n) is 11.7. The number of benzene rings is 2. The molecule has 0 amide bonds. The molecular formula is C15H9F7O2. The van der Waals surface area contributed by atoms with Crippen LogP contribution in [0.15, 0.2) is 36.4 Å². The Bertz CT molecular complexity index is 736. The minimum atomic E-state index is -4.85. The van der Waals surface area contributed by atoms with E-state index in [0.717, 1.165) is 18.2 Å². The molecule has 0 aliphatic heterocycles. The Morgan fingerprint density at radius 3 is 2.17 bits per heavy atom. The highest BCUT2D eigenvalue weighted by molar-refractivity contribution is 5.39. The van der Waals surface area contributed by atoms with Crippen LogP contribution in [-0.2, 0) is 19.0 Å². The van der Waals surface area contributed by atoms with Gasteiger partial charge in [0.2, 0.25) is 0 Å². The second-order valence-corrected chi connectivity index (χ2v) is 4.77. The van der Waals surface area contributed by atoms with Gasteiger partial charge in [0.05, 0.1) is 11.1 Å². The van der Waals surface area contributed by atoms with Gasteiger partial charge in [0, 0.05) is 11.6 Å². The van der Waals surface area contributed by atoms with Crippen molar-refractivity contribution in [3.8, 4) is 11.5 Å². The molecule has 0 heterocycles.